The molecular formula is C16H16Cl2N2OS. The Kier molecular flexibility index (Phi) is 4.81. The number of thiophene rings is 1. The smallest absolute Gasteiger partial charge is 0.130 e. The number of nitrogens with zero attached hydrogens (tertiary/aromatic N) is 1. The number of H-pyrrole nitrogens is 1. The van der Waals surface area contributed by atoms with E-state index in [1.807, 2.05) is 12.1 Å². The van der Waals surface area contributed by atoms with Gasteiger partial charge in [0.25, 0.3) is 0 Å². The minimum atomic E-state index is 0.585. The Morgan fingerprint density at radius 2 is 2.09 bits per heavy atom. The number of hydrogen-bond acceptors (Lipinski definition) is 3. The molecule has 3 nitrogen and oxygen atoms in total. The molecule has 0 radical (unpaired) electrons. The fraction of sp³-hybridized carbons (Fsp3) is 0.250. The van der Waals surface area contributed by atoms with Gasteiger partial charge in [0, 0.05) is 23.8 Å². The fourth-order valence-electron chi connectivity index (χ4n) is 2.44. The summed E-state index contributed by atoms with van der Waals surface area (Å²) in [6.45, 7) is 4.49. The van der Waals surface area contributed by atoms with E-state index in [-0.39, 0.29) is 0 Å². The van der Waals surface area contributed by atoms with Crippen LogP contribution in [0.5, 0.6) is 5.75 Å². The van der Waals surface area contributed by atoms with Crippen molar-refractivity contribution in [3.8, 4) is 5.75 Å². The molecule has 3 rings (SSSR count). The number of hydrogen-bond donors (Lipinski definition) is 1. The van der Waals surface area contributed by atoms with Gasteiger partial charge in [0.05, 0.1) is 27.5 Å². The van der Waals surface area contributed by atoms with Crippen LogP contribution in [-0.4, -0.2) is 24.7 Å². The second-order valence-corrected chi connectivity index (χ2v) is 6.44. The third-order valence-electron chi connectivity index (χ3n) is 3.57. The molecule has 1 N–H and O–H groups in total. The molecule has 0 aliphatic heterocycles. The van der Waals surface area contributed by atoms with Crippen molar-refractivity contribution in [2.75, 3.05) is 24.6 Å². The highest BCUT2D eigenvalue weighted by molar-refractivity contribution is 7.08. The fourth-order valence-corrected chi connectivity index (χ4v) is 3.55. The average molecular weight is 355 g/mol. The Morgan fingerprint density at radius 3 is 2.82 bits per heavy atom. The van der Waals surface area contributed by atoms with Gasteiger partial charge in [-0.3, -0.25) is 0 Å². The predicted molar refractivity (Wildman–Crippen MR) is 96.0 cm³/mol. The van der Waals surface area contributed by atoms with Crippen molar-refractivity contribution in [2.45, 2.75) is 6.92 Å². The zero-order valence-corrected chi connectivity index (χ0v) is 14.4. The number of halogens is 2. The van der Waals surface area contributed by atoms with Crippen LogP contribution in [0.4, 0.5) is 5.69 Å². The lowest BCUT2D eigenvalue weighted by molar-refractivity contribution is 0.328. The van der Waals surface area contributed by atoms with Crippen molar-refractivity contribution >= 4 is 51.1 Å². The standard InChI is InChI=1S/C16H16Cl2N2OS/c1-2-20(11-5-8-22-10-11)6-7-21-14-4-3-12(17)16-15(14)13(18)9-19-16/h3-5,8-10,19H,2,6-7H2,1H3. The second kappa shape index (κ2) is 6.82. The molecule has 0 amide bonds. The number of likely N-dealkylation sites (N-methyl/N-ethyl adjacent to an activating group) is 1. The first-order valence-corrected chi connectivity index (χ1v) is 8.75. The van der Waals surface area contributed by atoms with E-state index in [0.717, 1.165) is 29.7 Å². The van der Waals surface area contributed by atoms with E-state index in [1.54, 1.807) is 17.5 Å². The lowest BCUT2D eigenvalue weighted by Crippen LogP contribution is -2.27. The number of aromatic amines is 1. The van der Waals surface area contributed by atoms with Crippen molar-refractivity contribution in [3.05, 3.63) is 45.2 Å². The number of nitrogens with one attached hydrogen (secondary N) is 1. The molecule has 2 aromatic heterocycles. The van der Waals surface area contributed by atoms with Crippen molar-refractivity contribution < 1.29 is 4.74 Å². The van der Waals surface area contributed by atoms with Gasteiger partial charge in [0.2, 0.25) is 0 Å². The van der Waals surface area contributed by atoms with Crippen LogP contribution < -0.4 is 9.64 Å². The van der Waals surface area contributed by atoms with Crippen LogP contribution in [-0.2, 0) is 0 Å². The summed E-state index contributed by atoms with van der Waals surface area (Å²) in [5.74, 6) is 0.757. The van der Waals surface area contributed by atoms with E-state index in [9.17, 15) is 0 Å². The third kappa shape index (κ3) is 3.05. The van der Waals surface area contributed by atoms with Crippen LogP contribution in [0, 0.1) is 0 Å². The lowest BCUT2D eigenvalue weighted by atomic mass is 10.2. The molecule has 0 spiro atoms. The summed E-state index contributed by atoms with van der Waals surface area (Å²) >= 11 is 14.1. The van der Waals surface area contributed by atoms with E-state index in [0.29, 0.717) is 16.7 Å². The Bertz CT molecular complexity index is 755. The first-order valence-electron chi connectivity index (χ1n) is 7.05. The molecule has 22 heavy (non-hydrogen) atoms. The van der Waals surface area contributed by atoms with Gasteiger partial charge in [-0.1, -0.05) is 23.2 Å². The Morgan fingerprint density at radius 1 is 1.23 bits per heavy atom. The summed E-state index contributed by atoms with van der Waals surface area (Å²) in [4.78, 5) is 5.36. The van der Waals surface area contributed by atoms with Crippen LogP contribution in [0.1, 0.15) is 6.92 Å². The number of fused-ring (bicyclic) bond motifs is 1. The zero-order chi connectivity index (χ0) is 15.5. The molecule has 0 aliphatic rings. The molecular weight excluding hydrogens is 339 g/mol. The van der Waals surface area contributed by atoms with E-state index in [1.165, 1.54) is 5.69 Å². The molecule has 6 heteroatoms. The Labute approximate surface area is 143 Å². The zero-order valence-electron chi connectivity index (χ0n) is 12.1. The molecule has 0 bridgehead atoms. The van der Waals surface area contributed by atoms with Crippen molar-refractivity contribution in [1.82, 2.24) is 4.98 Å². The molecule has 0 aliphatic carbocycles. The maximum Gasteiger partial charge on any atom is 0.130 e. The third-order valence-corrected chi connectivity index (χ3v) is 4.85. The van der Waals surface area contributed by atoms with Gasteiger partial charge >= 0.3 is 0 Å². The predicted octanol–water partition coefficient (Wildman–Crippen LogP) is 5.44. The topological polar surface area (TPSA) is 28.3 Å². The summed E-state index contributed by atoms with van der Waals surface area (Å²) in [5, 5.41) is 6.34. The maximum atomic E-state index is 6.22. The number of ether oxygens (including phenoxy) is 1. The quantitative estimate of drug-likeness (QED) is 0.638. The van der Waals surface area contributed by atoms with E-state index >= 15 is 0 Å². The Hall–Kier alpha value is -1.36. The molecule has 3 aromatic rings. The molecule has 2 heterocycles. The monoisotopic (exact) mass is 354 g/mol. The molecule has 0 atom stereocenters. The maximum absolute atomic E-state index is 6.22. The van der Waals surface area contributed by atoms with Crippen LogP contribution in [0.15, 0.2) is 35.2 Å². The number of aromatic nitrogens is 1. The summed E-state index contributed by atoms with van der Waals surface area (Å²) in [6.07, 6.45) is 1.73. The highest BCUT2D eigenvalue weighted by atomic mass is 35.5. The Balaban J connectivity index is 1.72. The normalized spacial score (nSPS) is 11.0. The minimum Gasteiger partial charge on any atom is -0.491 e. The van der Waals surface area contributed by atoms with E-state index in [4.69, 9.17) is 27.9 Å². The summed E-state index contributed by atoms with van der Waals surface area (Å²) in [6, 6.07) is 5.81. The van der Waals surface area contributed by atoms with Crippen molar-refractivity contribution in [3.63, 3.8) is 0 Å². The van der Waals surface area contributed by atoms with Gasteiger partial charge in [-0.25, -0.2) is 0 Å². The molecule has 0 fully saturated rings. The van der Waals surface area contributed by atoms with Gasteiger partial charge in [0.1, 0.15) is 12.4 Å². The summed E-state index contributed by atoms with van der Waals surface area (Å²) < 4.78 is 5.94. The van der Waals surface area contributed by atoms with Crippen LogP contribution >= 0.6 is 34.5 Å². The first kappa shape index (κ1) is 15.5. The van der Waals surface area contributed by atoms with E-state index in [2.05, 4.69) is 33.6 Å². The molecule has 1 aromatic carbocycles. The minimum absolute atomic E-state index is 0.585. The summed E-state index contributed by atoms with van der Waals surface area (Å²) in [5.41, 5.74) is 2.05. The highest BCUT2D eigenvalue weighted by Crippen LogP contribution is 2.36. The van der Waals surface area contributed by atoms with Gasteiger partial charge in [-0.15, -0.1) is 0 Å². The van der Waals surface area contributed by atoms with Gasteiger partial charge in [-0.05, 0) is 30.5 Å². The van der Waals surface area contributed by atoms with Gasteiger partial charge in [-0.2, -0.15) is 11.3 Å². The van der Waals surface area contributed by atoms with Crippen molar-refractivity contribution in [2.24, 2.45) is 0 Å². The first-order chi connectivity index (χ1) is 10.7. The van der Waals surface area contributed by atoms with Crippen LogP contribution in [0.3, 0.4) is 0 Å². The largest absolute Gasteiger partial charge is 0.491 e. The van der Waals surface area contributed by atoms with Crippen molar-refractivity contribution in [1.29, 1.82) is 0 Å². The van der Waals surface area contributed by atoms with Gasteiger partial charge in [0.15, 0.2) is 0 Å². The molecule has 0 saturated carbocycles. The lowest BCUT2D eigenvalue weighted by Gasteiger charge is -2.21. The number of rotatable bonds is 6. The van der Waals surface area contributed by atoms with Crippen LogP contribution in [0.25, 0.3) is 10.9 Å². The number of anilines is 1. The second-order valence-electron chi connectivity index (χ2n) is 4.84. The van der Waals surface area contributed by atoms with Gasteiger partial charge < -0.3 is 14.6 Å². The molecule has 0 unspecified atom stereocenters. The van der Waals surface area contributed by atoms with E-state index < -0.39 is 0 Å². The average Bonchev–Trinajstić information content (AvgIpc) is 3.17. The number of benzene rings is 1. The summed E-state index contributed by atoms with van der Waals surface area (Å²) in [7, 11) is 0. The van der Waals surface area contributed by atoms with Crippen LogP contribution in [0.2, 0.25) is 10.0 Å². The molecule has 0 saturated heterocycles. The SMILES string of the molecule is CCN(CCOc1ccc(Cl)c2[nH]cc(Cl)c12)c1ccsc1. The highest BCUT2D eigenvalue weighted by Gasteiger charge is 2.12. The molecule has 116 valence electrons.